The van der Waals surface area contributed by atoms with Gasteiger partial charge in [0.05, 0.1) is 5.30 Å². The van der Waals surface area contributed by atoms with Crippen LogP contribution in [0.2, 0.25) is 0 Å². The first kappa shape index (κ1) is 13.9. The van der Waals surface area contributed by atoms with Crippen molar-refractivity contribution in [1.82, 2.24) is 12.3 Å². The van der Waals surface area contributed by atoms with E-state index in [9.17, 15) is 4.57 Å². The van der Waals surface area contributed by atoms with Crippen molar-refractivity contribution in [3.63, 3.8) is 0 Å². The van der Waals surface area contributed by atoms with Crippen LogP contribution in [0.4, 0.5) is 0 Å². The maximum absolute atomic E-state index is 10.5. The van der Waals surface area contributed by atoms with E-state index in [-0.39, 0.29) is 17.6 Å². The van der Waals surface area contributed by atoms with E-state index in [0.29, 0.717) is 0 Å². The quantitative estimate of drug-likeness (QED) is 0.489. The summed E-state index contributed by atoms with van der Waals surface area (Å²) in [6.45, 7) is 0. The molecule has 0 fully saturated rings. The fourth-order valence-electron chi connectivity index (χ4n) is 0.622. The molecule has 0 spiro atoms. The SMILES string of the molecule is N.N.O=P(O)(O)c1ccccc1. The number of rotatable bonds is 1. The van der Waals surface area contributed by atoms with Gasteiger partial charge >= 0.3 is 7.60 Å². The van der Waals surface area contributed by atoms with Crippen molar-refractivity contribution in [2.75, 3.05) is 0 Å². The van der Waals surface area contributed by atoms with E-state index in [2.05, 4.69) is 0 Å². The fourth-order valence-corrected chi connectivity index (χ4v) is 1.18. The Hall–Kier alpha value is -0.710. The van der Waals surface area contributed by atoms with Gasteiger partial charge in [0.25, 0.3) is 0 Å². The maximum atomic E-state index is 10.5. The second-order valence-corrected chi connectivity index (χ2v) is 3.48. The van der Waals surface area contributed by atoms with Crippen LogP contribution >= 0.6 is 7.60 Å². The van der Waals surface area contributed by atoms with Crippen molar-refractivity contribution in [1.29, 1.82) is 0 Å². The molecule has 1 rings (SSSR count). The lowest BCUT2D eigenvalue weighted by molar-refractivity contribution is 0.387. The molecule has 0 saturated carbocycles. The minimum Gasteiger partial charge on any atom is -0.344 e. The summed E-state index contributed by atoms with van der Waals surface area (Å²) in [4.78, 5) is 17.2. The zero-order valence-corrected chi connectivity index (χ0v) is 7.45. The summed E-state index contributed by atoms with van der Waals surface area (Å²) in [7, 11) is -4.02. The van der Waals surface area contributed by atoms with E-state index in [4.69, 9.17) is 9.79 Å². The Kier molecular flexibility index (Phi) is 5.80. The first-order valence-corrected chi connectivity index (χ1v) is 4.33. The third kappa shape index (κ3) is 3.61. The molecule has 1 aromatic rings. The van der Waals surface area contributed by atoms with Gasteiger partial charge in [-0.05, 0) is 12.1 Å². The monoisotopic (exact) mass is 192 g/mol. The highest BCUT2D eigenvalue weighted by Gasteiger charge is 2.14. The van der Waals surface area contributed by atoms with Crippen LogP contribution in [-0.4, -0.2) is 9.79 Å². The average Bonchev–Trinajstić information content (AvgIpc) is 1.88. The molecule has 0 aliphatic rings. The van der Waals surface area contributed by atoms with Gasteiger partial charge in [0, 0.05) is 0 Å². The molecule has 0 heterocycles. The first-order valence-electron chi connectivity index (χ1n) is 2.72. The van der Waals surface area contributed by atoms with Gasteiger partial charge in [0.1, 0.15) is 0 Å². The summed E-state index contributed by atoms with van der Waals surface area (Å²) in [5.41, 5.74) is 0. The minimum absolute atomic E-state index is 0. The van der Waals surface area contributed by atoms with Crippen LogP contribution in [-0.2, 0) is 4.57 Å². The lowest BCUT2D eigenvalue weighted by Gasteiger charge is -2.00. The molecule has 0 bridgehead atoms. The number of hydrogen-bond acceptors (Lipinski definition) is 3. The van der Waals surface area contributed by atoms with Crippen molar-refractivity contribution in [2.45, 2.75) is 0 Å². The van der Waals surface area contributed by atoms with E-state index < -0.39 is 7.60 Å². The van der Waals surface area contributed by atoms with Gasteiger partial charge < -0.3 is 22.1 Å². The number of hydrogen-bond donors (Lipinski definition) is 4. The maximum Gasteiger partial charge on any atom is 0.356 e. The Labute approximate surface area is 70.8 Å². The normalized spacial score (nSPS) is 9.50. The highest BCUT2D eigenvalue weighted by molar-refractivity contribution is 7.60. The largest absolute Gasteiger partial charge is 0.356 e. The molecule has 70 valence electrons. The molecule has 0 aliphatic heterocycles. The molecule has 12 heavy (non-hydrogen) atoms. The third-order valence-electron chi connectivity index (χ3n) is 1.09. The fraction of sp³-hybridized carbons (Fsp3) is 0. The Bertz CT molecular complexity index is 259. The molecule has 8 N–H and O–H groups in total. The van der Waals surface area contributed by atoms with Crippen LogP contribution in [0.15, 0.2) is 30.3 Å². The standard InChI is InChI=1S/C6H7O3P.2H3N/c7-10(8,9)6-4-2-1-3-5-6;;/h1-5H,(H2,7,8,9);2*1H3. The van der Waals surface area contributed by atoms with Crippen molar-refractivity contribution in [2.24, 2.45) is 0 Å². The Morgan fingerprint density at radius 1 is 1.00 bits per heavy atom. The smallest absolute Gasteiger partial charge is 0.344 e. The van der Waals surface area contributed by atoms with Crippen LogP contribution in [0.25, 0.3) is 0 Å². The average molecular weight is 192 g/mol. The van der Waals surface area contributed by atoms with Gasteiger partial charge in [-0.15, -0.1) is 0 Å². The molecule has 0 radical (unpaired) electrons. The summed E-state index contributed by atoms with van der Waals surface area (Å²) in [5, 5.41) is 0.0648. The van der Waals surface area contributed by atoms with E-state index in [1.165, 1.54) is 12.1 Å². The van der Waals surface area contributed by atoms with Gasteiger partial charge in [0.2, 0.25) is 0 Å². The van der Waals surface area contributed by atoms with Gasteiger partial charge in [-0.3, -0.25) is 4.57 Å². The van der Waals surface area contributed by atoms with Crippen LogP contribution < -0.4 is 17.6 Å². The zero-order valence-electron chi connectivity index (χ0n) is 6.55. The van der Waals surface area contributed by atoms with Crippen molar-refractivity contribution in [3.05, 3.63) is 30.3 Å². The Balaban J connectivity index is 0. The van der Waals surface area contributed by atoms with Crippen LogP contribution in [0.1, 0.15) is 0 Å². The molecule has 6 heteroatoms. The van der Waals surface area contributed by atoms with Crippen molar-refractivity contribution in [3.8, 4) is 0 Å². The van der Waals surface area contributed by atoms with E-state index in [1.807, 2.05) is 0 Å². The van der Waals surface area contributed by atoms with Crippen LogP contribution in [0.3, 0.4) is 0 Å². The van der Waals surface area contributed by atoms with Crippen molar-refractivity contribution >= 4 is 12.9 Å². The van der Waals surface area contributed by atoms with Crippen molar-refractivity contribution < 1.29 is 14.4 Å². The molecule has 0 aliphatic carbocycles. The van der Waals surface area contributed by atoms with Gasteiger partial charge in [-0.2, -0.15) is 0 Å². The third-order valence-corrected chi connectivity index (χ3v) is 2.06. The topological polar surface area (TPSA) is 128 Å². The molecule has 0 atom stereocenters. The summed E-state index contributed by atoms with van der Waals surface area (Å²) in [6.07, 6.45) is 0. The molecular formula is C6H13N2O3P. The summed E-state index contributed by atoms with van der Waals surface area (Å²) in [6, 6.07) is 7.70. The van der Waals surface area contributed by atoms with E-state index in [0.717, 1.165) is 0 Å². The van der Waals surface area contributed by atoms with E-state index >= 15 is 0 Å². The Morgan fingerprint density at radius 3 is 1.67 bits per heavy atom. The summed E-state index contributed by atoms with van der Waals surface area (Å²) in [5.74, 6) is 0. The lowest BCUT2D eigenvalue weighted by atomic mass is 10.4. The predicted octanol–water partition coefficient (Wildman–Crippen LogP) is 0.814. The van der Waals surface area contributed by atoms with Gasteiger partial charge in [-0.25, -0.2) is 0 Å². The van der Waals surface area contributed by atoms with Crippen LogP contribution in [0.5, 0.6) is 0 Å². The summed E-state index contributed by atoms with van der Waals surface area (Å²) >= 11 is 0. The van der Waals surface area contributed by atoms with Gasteiger partial charge in [0.15, 0.2) is 0 Å². The highest BCUT2D eigenvalue weighted by Crippen LogP contribution is 2.32. The lowest BCUT2D eigenvalue weighted by Crippen LogP contribution is -2.01. The molecule has 5 nitrogen and oxygen atoms in total. The molecule has 0 saturated heterocycles. The summed E-state index contributed by atoms with van der Waals surface area (Å²) < 4.78 is 10.5. The van der Waals surface area contributed by atoms with Gasteiger partial charge in [-0.1, -0.05) is 18.2 Å². The van der Waals surface area contributed by atoms with Crippen LogP contribution in [0, 0.1) is 0 Å². The molecule has 0 unspecified atom stereocenters. The second kappa shape index (κ2) is 5.03. The minimum atomic E-state index is -4.02. The molecule has 0 amide bonds. The molecule has 1 aromatic carbocycles. The second-order valence-electron chi connectivity index (χ2n) is 1.88. The van der Waals surface area contributed by atoms with E-state index in [1.54, 1.807) is 18.2 Å². The molecular weight excluding hydrogens is 179 g/mol. The molecule has 0 aromatic heterocycles. The predicted molar refractivity (Wildman–Crippen MR) is 48.2 cm³/mol. The number of benzene rings is 1. The first-order chi connectivity index (χ1) is 4.61. The Morgan fingerprint density at radius 2 is 1.42 bits per heavy atom. The highest BCUT2D eigenvalue weighted by atomic mass is 31.2. The zero-order chi connectivity index (χ0) is 7.61.